The first-order valence-corrected chi connectivity index (χ1v) is 9.26. The van der Waals surface area contributed by atoms with E-state index in [4.69, 9.17) is 23.2 Å². The normalized spacial score (nSPS) is 11.7. The first-order chi connectivity index (χ1) is 12.5. The molecule has 0 amide bonds. The molecule has 130 valence electrons. The van der Waals surface area contributed by atoms with Crippen LogP contribution in [-0.4, -0.2) is 21.0 Å². The third-order valence-corrected chi connectivity index (χ3v) is 5.26. The summed E-state index contributed by atoms with van der Waals surface area (Å²) in [6.07, 6.45) is 1.54. The number of rotatable bonds is 3. The molecule has 2 aromatic heterocycles. The van der Waals surface area contributed by atoms with Gasteiger partial charge in [0, 0.05) is 22.0 Å². The Hall–Kier alpha value is -2.41. The molecule has 0 fully saturated rings. The summed E-state index contributed by atoms with van der Waals surface area (Å²) < 4.78 is 2.42. The number of hydrogen-bond donors (Lipinski definition) is 1. The van der Waals surface area contributed by atoms with Crippen molar-refractivity contribution < 1.29 is 0 Å². The minimum absolute atomic E-state index is 0.183. The first kappa shape index (κ1) is 17.0. The highest BCUT2D eigenvalue weighted by Gasteiger charge is 2.11. The van der Waals surface area contributed by atoms with E-state index in [0.29, 0.717) is 26.4 Å². The fourth-order valence-corrected chi connectivity index (χ4v) is 3.76. The van der Waals surface area contributed by atoms with Crippen molar-refractivity contribution >= 4 is 56.1 Å². The number of benzene rings is 2. The van der Waals surface area contributed by atoms with Gasteiger partial charge in [0.15, 0.2) is 0 Å². The zero-order valence-electron chi connectivity index (χ0n) is 13.5. The highest BCUT2D eigenvalue weighted by Crippen LogP contribution is 2.29. The fourth-order valence-electron chi connectivity index (χ4n) is 2.54. The van der Waals surface area contributed by atoms with E-state index in [9.17, 15) is 4.79 Å². The maximum absolute atomic E-state index is 12.7. The highest BCUT2D eigenvalue weighted by molar-refractivity contribution is 7.22. The van der Waals surface area contributed by atoms with E-state index in [1.54, 1.807) is 36.5 Å². The minimum Gasteiger partial charge on any atom is -0.295 e. The molecule has 0 saturated heterocycles. The second-order valence-corrected chi connectivity index (χ2v) is 7.52. The van der Waals surface area contributed by atoms with Gasteiger partial charge in [-0.2, -0.15) is 0 Å². The summed E-state index contributed by atoms with van der Waals surface area (Å²) in [4.78, 5) is 21.5. The molecule has 0 aliphatic rings. The molecule has 0 radical (unpaired) electrons. The summed E-state index contributed by atoms with van der Waals surface area (Å²) in [6, 6.07) is 12.5. The maximum atomic E-state index is 12.7. The number of aryl methyl sites for hydroxylation is 1. The summed E-state index contributed by atoms with van der Waals surface area (Å²) in [5.41, 5.74) is 2.56. The predicted octanol–water partition coefficient (Wildman–Crippen LogP) is 5.14. The van der Waals surface area contributed by atoms with Crippen molar-refractivity contribution in [1.82, 2.24) is 14.8 Å². The lowest BCUT2D eigenvalue weighted by Gasteiger charge is -2.00. The Labute approximate surface area is 162 Å². The fraction of sp³-hybridized carbons (Fsp3) is 0.0556. The van der Waals surface area contributed by atoms with Crippen molar-refractivity contribution in [3.63, 3.8) is 0 Å². The average Bonchev–Trinajstić information content (AvgIpc) is 3.14. The number of thiazole rings is 1. The van der Waals surface area contributed by atoms with Crippen LogP contribution in [0.25, 0.3) is 15.9 Å². The second-order valence-electron chi connectivity index (χ2n) is 5.63. The minimum atomic E-state index is -0.183. The van der Waals surface area contributed by atoms with Crippen LogP contribution in [0.4, 0.5) is 5.13 Å². The van der Waals surface area contributed by atoms with Gasteiger partial charge in [0.1, 0.15) is 0 Å². The second kappa shape index (κ2) is 6.72. The molecule has 0 atom stereocenters. The largest absolute Gasteiger partial charge is 0.295 e. The first-order valence-electron chi connectivity index (χ1n) is 7.69. The lowest BCUT2D eigenvalue weighted by Crippen LogP contribution is -2.17. The summed E-state index contributed by atoms with van der Waals surface area (Å²) in [7, 11) is 0. The van der Waals surface area contributed by atoms with E-state index in [-0.39, 0.29) is 5.56 Å². The number of H-pyrrole nitrogens is 1. The van der Waals surface area contributed by atoms with Crippen molar-refractivity contribution in [2.75, 3.05) is 0 Å². The molecule has 4 rings (SSSR count). The maximum Gasteiger partial charge on any atom is 0.280 e. The zero-order chi connectivity index (χ0) is 18.3. The predicted molar refractivity (Wildman–Crippen MR) is 108 cm³/mol. The zero-order valence-corrected chi connectivity index (χ0v) is 15.9. The Bertz CT molecular complexity index is 1190. The smallest absolute Gasteiger partial charge is 0.280 e. The standard InChI is InChI=1S/C18H12Cl2N4OS/c1-10-14(17(25)24(23-10)13-5-2-11(19)3-6-13)9-21-18-22-15-7-4-12(20)8-16(15)26-18/h2-9,23H,1H3. The molecule has 0 saturated carbocycles. The van der Waals surface area contributed by atoms with Crippen molar-refractivity contribution in [2.45, 2.75) is 6.92 Å². The molecule has 2 aromatic carbocycles. The van der Waals surface area contributed by atoms with E-state index >= 15 is 0 Å². The Morgan fingerprint density at radius 1 is 1.15 bits per heavy atom. The third-order valence-electron chi connectivity index (χ3n) is 3.85. The van der Waals surface area contributed by atoms with Crippen LogP contribution >= 0.6 is 34.5 Å². The summed E-state index contributed by atoms with van der Waals surface area (Å²) in [5, 5.41) is 4.89. The van der Waals surface area contributed by atoms with Gasteiger partial charge < -0.3 is 0 Å². The van der Waals surface area contributed by atoms with Gasteiger partial charge in [0.05, 0.1) is 21.5 Å². The molecule has 5 nitrogen and oxygen atoms in total. The van der Waals surface area contributed by atoms with E-state index < -0.39 is 0 Å². The van der Waals surface area contributed by atoms with E-state index in [1.165, 1.54) is 16.0 Å². The van der Waals surface area contributed by atoms with Crippen molar-refractivity contribution in [2.24, 2.45) is 4.99 Å². The molecule has 26 heavy (non-hydrogen) atoms. The number of aromatic amines is 1. The Kier molecular flexibility index (Phi) is 4.40. The number of nitrogens with one attached hydrogen (secondary N) is 1. The van der Waals surface area contributed by atoms with Crippen LogP contribution in [-0.2, 0) is 0 Å². The summed E-state index contributed by atoms with van der Waals surface area (Å²) in [5.74, 6) is 0. The molecule has 1 N–H and O–H groups in total. The molecular formula is C18H12Cl2N4OS. The molecule has 0 aliphatic heterocycles. The Balaban J connectivity index is 1.70. The van der Waals surface area contributed by atoms with Crippen LogP contribution in [0, 0.1) is 6.92 Å². The highest BCUT2D eigenvalue weighted by atomic mass is 35.5. The number of aromatic nitrogens is 3. The van der Waals surface area contributed by atoms with Crippen molar-refractivity contribution in [3.05, 3.63) is 74.1 Å². The lowest BCUT2D eigenvalue weighted by molar-refractivity contribution is 0.835. The average molecular weight is 403 g/mol. The molecule has 0 spiro atoms. The molecular weight excluding hydrogens is 391 g/mol. The van der Waals surface area contributed by atoms with E-state index in [1.807, 2.05) is 19.1 Å². The van der Waals surface area contributed by atoms with Gasteiger partial charge in [-0.05, 0) is 49.4 Å². The quantitative estimate of drug-likeness (QED) is 0.482. The van der Waals surface area contributed by atoms with Crippen LogP contribution in [0.15, 0.2) is 52.3 Å². The number of hydrogen-bond acceptors (Lipinski definition) is 4. The molecule has 0 bridgehead atoms. The lowest BCUT2D eigenvalue weighted by atomic mass is 10.3. The van der Waals surface area contributed by atoms with Crippen LogP contribution in [0.2, 0.25) is 10.0 Å². The van der Waals surface area contributed by atoms with Gasteiger partial charge in [0.25, 0.3) is 5.56 Å². The summed E-state index contributed by atoms with van der Waals surface area (Å²) >= 11 is 13.3. The van der Waals surface area contributed by atoms with E-state index in [0.717, 1.165) is 15.9 Å². The van der Waals surface area contributed by atoms with Gasteiger partial charge >= 0.3 is 0 Å². The SMILES string of the molecule is Cc1[nH]n(-c2ccc(Cl)cc2)c(=O)c1C=Nc1nc2ccc(Cl)cc2s1. The number of nitrogens with zero attached hydrogens (tertiary/aromatic N) is 3. The molecule has 2 heterocycles. The van der Waals surface area contributed by atoms with Crippen LogP contribution in [0.3, 0.4) is 0 Å². The van der Waals surface area contributed by atoms with Crippen LogP contribution < -0.4 is 5.56 Å². The van der Waals surface area contributed by atoms with E-state index in [2.05, 4.69) is 15.1 Å². The van der Waals surface area contributed by atoms with Gasteiger partial charge in [0.2, 0.25) is 5.13 Å². The van der Waals surface area contributed by atoms with Gasteiger partial charge in [-0.15, -0.1) is 0 Å². The topological polar surface area (TPSA) is 63.0 Å². The number of aliphatic imine (C=N–C) groups is 1. The Morgan fingerprint density at radius 2 is 1.88 bits per heavy atom. The summed E-state index contributed by atoms with van der Waals surface area (Å²) in [6.45, 7) is 1.83. The molecule has 0 unspecified atom stereocenters. The number of halogens is 2. The number of fused-ring (bicyclic) bond motifs is 1. The van der Waals surface area contributed by atoms with Crippen molar-refractivity contribution in [3.8, 4) is 5.69 Å². The molecule has 8 heteroatoms. The third kappa shape index (κ3) is 3.19. The van der Waals surface area contributed by atoms with Gasteiger partial charge in [-0.1, -0.05) is 34.5 Å². The Morgan fingerprint density at radius 3 is 2.65 bits per heavy atom. The molecule has 0 aliphatic carbocycles. The monoisotopic (exact) mass is 402 g/mol. The van der Waals surface area contributed by atoms with Crippen LogP contribution in [0.5, 0.6) is 0 Å². The van der Waals surface area contributed by atoms with Gasteiger partial charge in [-0.25, -0.2) is 14.7 Å². The van der Waals surface area contributed by atoms with Crippen LogP contribution in [0.1, 0.15) is 11.3 Å². The van der Waals surface area contributed by atoms with Crippen molar-refractivity contribution in [1.29, 1.82) is 0 Å². The van der Waals surface area contributed by atoms with Gasteiger partial charge in [-0.3, -0.25) is 9.89 Å². The molecule has 4 aromatic rings.